The van der Waals surface area contributed by atoms with Crippen LogP contribution in [0.1, 0.15) is 42.3 Å². The van der Waals surface area contributed by atoms with Crippen molar-refractivity contribution in [3.05, 3.63) is 56.2 Å². The highest BCUT2D eigenvalue weighted by atomic mass is 79.9. The van der Waals surface area contributed by atoms with Gasteiger partial charge in [0.1, 0.15) is 0 Å². The minimum absolute atomic E-state index is 0.379. The molecule has 1 atom stereocenters. The molecular weight excluding hydrogens is 318 g/mol. The summed E-state index contributed by atoms with van der Waals surface area (Å²) in [4.78, 5) is 1.36. The Morgan fingerprint density at radius 1 is 1.21 bits per heavy atom. The van der Waals surface area contributed by atoms with Crippen molar-refractivity contribution >= 4 is 27.3 Å². The fourth-order valence-electron chi connectivity index (χ4n) is 2.08. The van der Waals surface area contributed by atoms with Crippen LogP contribution in [0.4, 0.5) is 0 Å². The Balaban J connectivity index is 1.92. The molecule has 0 aliphatic rings. The van der Waals surface area contributed by atoms with Gasteiger partial charge in [-0.1, -0.05) is 37.6 Å². The molecule has 0 saturated carbocycles. The molecule has 0 amide bonds. The highest BCUT2D eigenvalue weighted by molar-refractivity contribution is 9.10. The summed E-state index contributed by atoms with van der Waals surface area (Å²) in [7, 11) is 0. The predicted octanol–water partition coefficient (Wildman–Crippen LogP) is 5.31. The van der Waals surface area contributed by atoms with Crippen molar-refractivity contribution in [3.8, 4) is 0 Å². The van der Waals surface area contributed by atoms with Crippen molar-refractivity contribution in [2.24, 2.45) is 0 Å². The van der Waals surface area contributed by atoms with Crippen LogP contribution in [0.2, 0.25) is 0 Å². The van der Waals surface area contributed by atoms with Crippen LogP contribution in [0.15, 0.2) is 40.2 Å². The van der Waals surface area contributed by atoms with E-state index < -0.39 is 0 Å². The Bertz CT molecular complexity index is 504. The molecule has 2 aromatic rings. The van der Waals surface area contributed by atoms with Crippen LogP contribution in [0.3, 0.4) is 0 Å². The van der Waals surface area contributed by atoms with Gasteiger partial charge in [0, 0.05) is 21.9 Å². The lowest BCUT2D eigenvalue weighted by Crippen LogP contribution is -2.17. The third kappa shape index (κ3) is 4.16. The van der Waals surface area contributed by atoms with E-state index in [-0.39, 0.29) is 0 Å². The molecule has 3 heteroatoms. The number of hydrogen-bond donors (Lipinski definition) is 1. The SMILES string of the molecule is CCCc1ccc(C(C)NCc2sccc2Br)cc1. The number of aryl methyl sites for hydroxylation is 1. The Hall–Kier alpha value is -0.640. The second-order valence-electron chi connectivity index (χ2n) is 4.79. The number of thiophene rings is 1. The first-order valence-corrected chi connectivity index (χ1v) is 8.42. The maximum Gasteiger partial charge on any atom is 0.0327 e. The van der Waals surface area contributed by atoms with Gasteiger partial charge in [-0.25, -0.2) is 0 Å². The van der Waals surface area contributed by atoms with E-state index in [0.717, 1.165) is 6.54 Å². The van der Waals surface area contributed by atoms with Crippen LogP contribution in [-0.4, -0.2) is 0 Å². The zero-order chi connectivity index (χ0) is 13.7. The number of benzene rings is 1. The van der Waals surface area contributed by atoms with Crippen molar-refractivity contribution in [1.29, 1.82) is 0 Å². The quantitative estimate of drug-likeness (QED) is 0.752. The molecule has 0 spiro atoms. The van der Waals surface area contributed by atoms with Crippen LogP contribution >= 0.6 is 27.3 Å². The van der Waals surface area contributed by atoms with Crippen LogP contribution < -0.4 is 5.32 Å². The van der Waals surface area contributed by atoms with Crippen molar-refractivity contribution in [2.45, 2.75) is 39.3 Å². The molecule has 1 heterocycles. The molecule has 19 heavy (non-hydrogen) atoms. The average molecular weight is 338 g/mol. The van der Waals surface area contributed by atoms with Crippen LogP contribution in [0.25, 0.3) is 0 Å². The second-order valence-corrected chi connectivity index (χ2v) is 6.64. The molecule has 0 fully saturated rings. The van der Waals surface area contributed by atoms with E-state index in [1.54, 1.807) is 11.3 Å². The lowest BCUT2D eigenvalue weighted by molar-refractivity contribution is 0.578. The molecule has 1 aromatic carbocycles. The van der Waals surface area contributed by atoms with Crippen LogP contribution in [0.5, 0.6) is 0 Å². The van der Waals surface area contributed by atoms with Gasteiger partial charge < -0.3 is 5.32 Å². The Kier molecular flexibility index (Phi) is 5.61. The predicted molar refractivity (Wildman–Crippen MR) is 87.7 cm³/mol. The van der Waals surface area contributed by atoms with Crippen LogP contribution in [0, 0.1) is 0 Å². The average Bonchev–Trinajstić information content (AvgIpc) is 2.83. The van der Waals surface area contributed by atoms with E-state index in [2.05, 4.69) is 70.8 Å². The number of hydrogen-bond acceptors (Lipinski definition) is 2. The van der Waals surface area contributed by atoms with E-state index in [9.17, 15) is 0 Å². The van der Waals surface area contributed by atoms with Gasteiger partial charge in [-0.15, -0.1) is 11.3 Å². The minimum Gasteiger partial charge on any atom is -0.305 e. The zero-order valence-electron chi connectivity index (χ0n) is 11.4. The highest BCUT2D eigenvalue weighted by Gasteiger charge is 2.07. The topological polar surface area (TPSA) is 12.0 Å². The van der Waals surface area contributed by atoms with Crippen molar-refractivity contribution < 1.29 is 0 Å². The lowest BCUT2D eigenvalue weighted by Gasteiger charge is -2.14. The fraction of sp³-hybridized carbons (Fsp3) is 0.375. The molecule has 1 N–H and O–H groups in total. The molecule has 0 aliphatic carbocycles. The van der Waals surface area contributed by atoms with E-state index >= 15 is 0 Å². The molecule has 0 saturated heterocycles. The zero-order valence-corrected chi connectivity index (χ0v) is 13.9. The third-order valence-electron chi connectivity index (χ3n) is 3.28. The van der Waals surface area contributed by atoms with Gasteiger partial charge in [0.15, 0.2) is 0 Å². The Labute approximate surface area is 128 Å². The lowest BCUT2D eigenvalue weighted by atomic mass is 10.0. The standard InChI is InChI=1S/C16H20BrNS/c1-3-4-13-5-7-14(8-6-13)12(2)18-11-16-15(17)9-10-19-16/h5-10,12,18H,3-4,11H2,1-2H3. The summed E-state index contributed by atoms with van der Waals surface area (Å²) in [6.45, 7) is 5.35. The monoisotopic (exact) mass is 337 g/mol. The molecule has 0 radical (unpaired) electrons. The molecule has 0 aliphatic heterocycles. The van der Waals surface area contributed by atoms with Gasteiger partial charge in [-0.05, 0) is 51.8 Å². The van der Waals surface area contributed by atoms with E-state index in [1.807, 2.05) is 0 Å². The first-order valence-electron chi connectivity index (χ1n) is 6.74. The molecule has 1 nitrogen and oxygen atoms in total. The minimum atomic E-state index is 0.379. The van der Waals surface area contributed by atoms with Gasteiger partial charge in [0.25, 0.3) is 0 Å². The van der Waals surface area contributed by atoms with E-state index in [4.69, 9.17) is 0 Å². The number of nitrogens with one attached hydrogen (secondary N) is 1. The number of rotatable bonds is 6. The van der Waals surface area contributed by atoms with Gasteiger partial charge in [0.05, 0.1) is 0 Å². The van der Waals surface area contributed by atoms with Crippen molar-refractivity contribution in [2.75, 3.05) is 0 Å². The van der Waals surface area contributed by atoms with Crippen LogP contribution in [-0.2, 0) is 13.0 Å². The fourth-order valence-corrected chi connectivity index (χ4v) is 3.52. The maximum absolute atomic E-state index is 3.57. The van der Waals surface area contributed by atoms with Crippen molar-refractivity contribution in [1.82, 2.24) is 5.32 Å². The summed E-state index contributed by atoms with van der Waals surface area (Å²) in [6, 6.07) is 11.5. The summed E-state index contributed by atoms with van der Waals surface area (Å²) in [6.07, 6.45) is 2.38. The van der Waals surface area contributed by atoms with E-state index in [1.165, 1.54) is 33.3 Å². The van der Waals surface area contributed by atoms with Gasteiger partial charge in [-0.3, -0.25) is 0 Å². The second kappa shape index (κ2) is 7.22. The summed E-state index contributed by atoms with van der Waals surface area (Å²) < 4.78 is 1.20. The summed E-state index contributed by atoms with van der Waals surface area (Å²) in [5, 5.41) is 5.69. The smallest absolute Gasteiger partial charge is 0.0327 e. The maximum atomic E-state index is 3.57. The van der Waals surface area contributed by atoms with E-state index in [0.29, 0.717) is 6.04 Å². The molecule has 0 bridgehead atoms. The highest BCUT2D eigenvalue weighted by Crippen LogP contribution is 2.23. The molecular formula is C16H20BrNS. The molecule has 1 aromatic heterocycles. The summed E-state index contributed by atoms with van der Waals surface area (Å²) in [5.41, 5.74) is 2.78. The molecule has 2 rings (SSSR count). The molecule has 1 unspecified atom stereocenters. The number of halogens is 1. The molecule has 102 valence electrons. The third-order valence-corrected chi connectivity index (χ3v) is 5.20. The Morgan fingerprint density at radius 2 is 1.95 bits per heavy atom. The Morgan fingerprint density at radius 3 is 2.53 bits per heavy atom. The summed E-state index contributed by atoms with van der Waals surface area (Å²) in [5.74, 6) is 0. The largest absolute Gasteiger partial charge is 0.305 e. The van der Waals surface area contributed by atoms with Gasteiger partial charge >= 0.3 is 0 Å². The first-order chi connectivity index (χ1) is 9.20. The van der Waals surface area contributed by atoms with Gasteiger partial charge in [-0.2, -0.15) is 0 Å². The summed E-state index contributed by atoms with van der Waals surface area (Å²) >= 11 is 5.36. The normalized spacial score (nSPS) is 12.6. The first kappa shape index (κ1) is 14.8. The van der Waals surface area contributed by atoms with Gasteiger partial charge in [0.2, 0.25) is 0 Å². The van der Waals surface area contributed by atoms with Crippen molar-refractivity contribution in [3.63, 3.8) is 0 Å².